The zero-order valence-corrected chi connectivity index (χ0v) is 12.8. The number of carbonyl (C=O) groups excluding carboxylic acids is 1. The standard InChI is InChI=1S/C17H21NO3/c1-9-10(2)21-11(3)15(9)17(19)12-8-18-13-6-5-7-14(20-4)16(12)13/h5-11,15,18H,1-4H3. The maximum absolute atomic E-state index is 13.0. The SMILES string of the molecule is COc1cccc2[nH]cc(C(=O)C3C(C)OC(C)C3C)c12. The van der Waals surface area contributed by atoms with Crippen LogP contribution in [0.5, 0.6) is 5.75 Å². The first-order valence-electron chi connectivity index (χ1n) is 7.38. The second kappa shape index (κ2) is 5.19. The number of hydrogen-bond acceptors (Lipinski definition) is 3. The molecule has 2 aromatic rings. The molecule has 0 bridgehead atoms. The number of nitrogens with one attached hydrogen (secondary N) is 1. The molecule has 0 amide bonds. The highest BCUT2D eigenvalue weighted by Gasteiger charge is 2.42. The van der Waals surface area contributed by atoms with Gasteiger partial charge in [-0.3, -0.25) is 4.79 Å². The lowest BCUT2D eigenvalue weighted by atomic mass is 9.83. The molecule has 112 valence electrons. The fraction of sp³-hybridized carbons (Fsp3) is 0.471. The van der Waals surface area contributed by atoms with E-state index in [-0.39, 0.29) is 29.8 Å². The van der Waals surface area contributed by atoms with Gasteiger partial charge in [0.2, 0.25) is 0 Å². The van der Waals surface area contributed by atoms with Gasteiger partial charge in [-0.2, -0.15) is 0 Å². The highest BCUT2D eigenvalue weighted by molar-refractivity contribution is 6.11. The highest BCUT2D eigenvalue weighted by atomic mass is 16.5. The molecule has 4 heteroatoms. The van der Waals surface area contributed by atoms with Crippen LogP contribution < -0.4 is 4.74 Å². The minimum atomic E-state index is -0.107. The van der Waals surface area contributed by atoms with E-state index in [0.717, 1.165) is 16.7 Å². The van der Waals surface area contributed by atoms with Gasteiger partial charge in [-0.1, -0.05) is 13.0 Å². The largest absolute Gasteiger partial charge is 0.496 e. The van der Waals surface area contributed by atoms with Crippen molar-refractivity contribution < 1.29 is 14.3 Å². The van der Waals surface area contributed by atoms with Gasteiger partial charge in [0.05, 0.1) is 30.6 Å². The molecule has 1 aromatic carbocycles. The van der Waals surface area contributed by atoms with Gasteiger partial charge in [0.15, 0.2) is 5.78 Å². The summed E-state index contributed by atoms with van der Waals surface area (Å²) in [4.78, 5) is 16.2. The first-order valence-corrected chi connectivity index (χ1v) is 7.38. The van der Waals surface area contributed by atoms with Crippen molar-refractivity contribution in [1.29, 1.82) is 0 Å². The number of hydrogen-bond donors (Lipinski definition) is 1. The number of methoxy groups -OCH3 is 1. The van der Waals surface area contributed by atoms with Crippen LogP contribution in [-0.4, -0.2) is 30.1 Å². The van der Waals surface area contributed by atoms with E-state index < -0.39 is 0 Å². The Balaban J connectivity index is 2.06. The van der Waals surface area contributed by atoms with E-state index in [0.29, 0.717) is 5.56 Å². The van der Waals surface area contributed by atoms with E-state index in [1.165, 1.54) is 0 Å². The van der Waals surface area contributed by atoms with Gasteiger partial charge in [-0.25, -0.2) is 0 Å². The van der Waals surface area contributed by atoms with Gasteiger partial charge in [-0.05, 0) is 31.9 Å². The number of aromatic amines is 1. The molecule has 4 unspecified atom stereocenters. The highest BCUT2D eigenvalue weighted by Crippen LogP contribution is 2.37. The molecule has 1 aromatic heterocycles. The third-order valence-electron chi connectivity index (χ3n) is 4.70. The second-order valence-corrected chi connectivity index (χ2v) is 5.88. The maximum atomic E-state index is 13.0. The number of fused-ring (bicyclic) bond motifs is 1. The van der Waals surface area contributed by atoms with Crippen LogP contribution in [0, 0.1) is 11.8 Å². The van der Waals surface area contributed by atoms with E-state index in [2.05, 4.69) is 11.9 Å². The Hall–Kier alpha value is -1.81. The number of ketones is 1. The fourth-order valence-corrected chi connectivity index (χ4v) is 3.41. The van der Waals surface area contributed by atoms with Crippen molar-refractivity contribution in [3.05, 3.63) is 30.0 Å². The topological polar surface area (TPSA) is 51.3 Å². The Morgan fingerprint density at radius 1 is 1.24 bits per heavy atom. The van der Waals surface area contributed by atoms with Crippen LogP contribution in [0.25, 0.3) is 10.9 Å². The molecule has 0 radical (unpaired) electrons. The number of Topliss-reactive ketones (excluding diaryl/α,β-unsaturated/α-hetero) is 1. The molecule has 1 N–H and O–H groups in total. The van der Waals surface area contributed by atoms with E-state index in [1.807, 2.05) is 32.0 Å². The molecule has 1 saturated heterocycles. The quantitative estimate of drug-likeness (QED) is 0.880. The van der Waals surface area contributed by atoms with Crippen LogP contribution in [0.15, 0.2) is 24.4 Å². The summed E-state index contributed by atoms with van der Waals surface area (Å²) in [6, 6.07) is 5.75. The zero-order chi connectivity index (χ0) is 15.1. The fourth-order valence-electron chi connectivity index (χ4n) is 3.41. The van der Waals surface area contributed by atoms with Crippen molar-refractivity contribution in [2.24, 2.45) is 11.8 Å². The summed E-state index contributed by atoms with van der Waals surface area (Å²) in [7, 11) is 1.63. The Labute approximate surface area is 124 Å². The molecule has 1 aliphatic rings. The van der Waals surface area contributed by atoms with Crippen LogP contribution >= 0.6 is 0 Å². The molecule has 4 atom stereocenters. The summed E-state index contributed by atoms with van der Waals surface area (Å²) >= 11 is 0. The van der Waals surface area contributed by atoms with Gasteiger partial charge >= 0.3 is 0 Å². The molecular formula is C17H21NO3. The lowest BCUT2D eigenvalue weighted by Crippen LogP contribution is -2.26. The van der Waals surface area contributed by atoms with Crippen LogP contribution in [0.4, 0.5) is 0 Å². The van der Waals surface area contributed by atoms with Gasteiger partial charge in [0.25, 0.3) is 0 Å². The zero-order valence-electron chi connectivity index (χ0n) is 12.8. The number of H-pyrrole nitrogens is 1. The van der Waals surface area contributed by atoms with Gasteiger partial charge in [0.1, 0.15) is 5.75 Å². The summed E-state index contributed by atoms with van der Waals surface area (Å²) in [5, 5.41) is 0.865. The summed E-state index contributed by atoms with van der Waals surface area (Å²) in [5.74, 6) is 0.968. The van der Waals surface area contributed by atoms with Gasteiger partial charge < -0.3 is 14.5 Å². The Morgan fingerprint density at radius 2 is 2.00 bits per heavy atom. The maximum Gasteiger partial charge on any atom is 0.171 e. The third-order valence-corrected chi connectivity index (χ3v) is 4.70. The van der Waals surface area contributed by atoms with E-state index in [9.17, 15) is 4.79 Å². The summed E-state index contributed by atoms with van der Waals surface area (Å²) in [5.41, 5.74) is 1.62. The van der Waals surface area contributed by atoms with Crippen molar-refractivity contribution in [1.82, 2.24) is 4.98 Å². The third kappa shape index (κ3) is 2.14. The van der Waals surface area contributed by atoms with Crippen LogP contribution in [0.2, 0.25) is 0 Å². The molecule has 3 rings (SSSR count). The molecule has 0 aliphatic carbocycles. The Kier molecular flexibility index (Phi) is 3.49. The van der Waals surface area contributed by atoms with Crippen molar-refractivity contribution in [2.45, 2.75) is 33.0 Å². The number of rotatable bonds is 3. The summed E-state index contributed by atoms with van der Waals surface area (Å²) < 4.78 is 11.2. The number of aromatic nitrogens is 1. The lowest BCUT2D eigenvalue weighted by molar-refractivity contribution is 0.0491. The van der Waals surface area contributed by atoms with E-state index in [1.54, 1.807) is 13.3 Å². The van der Waals surface area contributed by atoms with Crippen molar-refractivity contribution in [2.75, 3.05) is 7.11 Å². The smallest absolute Gasteiger partial charge is 0.171 e. The number of ether oxygens (including phenoxy) is 2. The Bertz CT molecular complexity index is 676. The molecule has 4 nitrogen and oxygen atoms in total. The van der Waals surface area contributed by atoms with E-state index in [4.69, 9.17) is 9.47 Å². The van der Waals surface area contributed by atoms with Gasteiger partial charge in [0, 0.05) is 17.3 Å². The molecule has 0 saturated carbocycles. The monoisotopic (exact) mass is 287 g/mol. The molecule has 0 spiro atoms. The lowest BCUT2D eigenvalue weighted by Gasteiger charge is -2.17. The minimum absolute atomic E-state index is 0.0536. The van der Waals surface area contributed by atoms with Crippen LogP contribution in [0.1, 0.15) is 31.1 Å². The average molecular weight is 287 g/mol. The first kappa shape index (κ1) is 14.1. The molecule has 1 aliphatic heterocycles. The minimum Gasteiger partial charge on any atom is -0.496 e. The van der Waals surface area contributed by atoms with Crippen LogP contribution in [0.3, 0.4) is 0 Å². The molecule has 2 heterocycles. The first-order chi connectivity index (χ1) is 10.0. The Morgan fingerprint density at radius 3 is 2.62 bits per heavy atom. The summed E-state index contributed by atoms with van der Waals surface area (Å²) in [6.45, 7) is 6.10. The normalized spacial score (nSPS) is 29.0. The summed E-state index contributed by atoms with van der Waals surface area (Å²) in [6.07, 6.45) is 1.85. The predicted molar refractivity (Wildman–Crippen MR) is 81.8 cm³/mol. The van der Waals surface area contributed by atoms with Crippen molar-refractivity contribution in [3.63, 3.8) is 0 Å². The van der Waals surface area contributed by atoms with Crippen molar-refractivity contribution in [3.8, 4) is 5.75 Å². The van der Waals surface area contributed by atoms with Crippen LogP contribution in [-0.2, 0) is 4.74 Å². The number of carbonyl (C=O) groups is 1. The molecular weight excluding hydrogens is 266 g/mol. The molecule has 1 fully saturated rings. The predicted octanol–water partition coefficient (Wildman–Crippen LogP) is 3.42. The number of benzene rings is 1. The van der Waals surface area contributed by atoms with Gasteiger partial charge in [-0.15, -0.1) is 0 Å². The van der Waals surface area contributed by atoms with Crippen molar-refractivity contribution >= 4 is 16.7 Å². The average Bonchev–Trinajstić information content (AvgIpc) is 3.00. The molecule has 21 heavy (non-hydrogen) atoms. The van der Waals surface area contributed by atoms with E-state index >= 15 is 0 Å². The second-order valence-electron chi connectivity index (χ2n) is 5.88.